The fourth-order valence-electron chi connectivity index (χ4n) is 2.96. The first-order valence-corrected chi connectivity index (χ1v) is 11.8. The van der Waals surface area contributed by atoms with Gasteiger partial charge in [0.1, 0.15) is 22.4 Å². The van der Waals surface area contributed by atoms with Crippen LogP contribution in [-0.2, 0) is 14.4 Å². The fourth-order valence-corrected chi connectivity index (χ4v) is 3.12. The Morgan fingerprint density at radius 2 is 1.26 bits per heavy atom. The molecule has 0 atom stereocenters. The maximum absolute atomic E-state index is 10.6. The summed E-state index contributed by atoms with van der Waals surface area (Å²) in [6.07, 6.45) is -9.97. The standard InChI is InChI=1S/C18H11ClN6.3C2HF3O2/c19-14-5-1-4-12(22-14)18-24-15-10-6-8-20-9-13(10)23-17-11(16(15)25-18)3-2-7-21-17;3*3-2(4,5)1(6)7/h1-9H,(H,21,23)(H,24,25);3*(H,6,7). The van der Waals surface area contributed by atoms with Crippen molar-refractivity contribution in [3.63, 3.8) is 0 Å². The summed E-state index contributed by atoms with van der Waals surface area (Å²) in [4.78, 5) is 47.9. The lowest BCUT2D eigenvalue weighted by Crippen LogP contribution is -2.21. The van der Waals surface area contributed by atoms with E-state index < -0.39 is 36.4 Å². The Morgan fingerprint density at radius 1 is 0.717 bits per heavy atom. The third kappa shape index (κ3) is 10.3. The molecule has 0 spiro atoms. The monoisotopic (exact) mass is 688 g/mol. The summed E-state index contributed by atoms with van der Waals surface area (Å²) in [7, 11) is 0. The molecule has 5 rings (SSSR count). The van der Waals surface area contributed by atoms with E-state index in [1.807, 2.05) is 30.3 Å². The molecule has 22 heteroatoms. The number of hydrogen-bond donors (Lipinski definition) is 5. The fraction of sp³-hybridized carbons (Fsp3) is 0.125. The van der Waals surface area contributed by atoms with Gasteiger partial charge in [-0.15, -0.1) is 0 Å². The van der Waals surface area contributed by atoms with Gasteiger partial charge in [0.15, 0.2) is 5.82 Å². The highest BCUT2D eigenvalue weighted by Crippen LogP contribution is 2.42. The number of nitrogens with one attached hydrogen (secondary N) is 2. The van der Waals surface area contributed by atoms with E-state index in [2.05, 4.69) is 25.3 Å². The highest BCUT2D eigenvalue weighted by Gasteiger charge is 2.39. The SMILES string of the molecule is Clc1cccc(-c2nc3c([nH]2)-c2ccncc2Nc2ncccc2-3)n1.O=C(O)C(F)(F)F.O=C(O)C(F)(F)F.O=C(O)C(F)(F)F. The number of fused-ring (bicyclic) bond motifs is 5. The molecule has 0 saturated heterocycles. The molecule has 1 aliphatic heterocycles. The number of carboxylic acid groups (broad SMARTS) is 3. The van der Waals surface area contributed by atoms with E-state index >= 15 is 0 Å². The number of hydrogen-bond acceptors (Lipinski definition) is 8. The lowest BCUT2D eigenvalue weighted by molar-refractivity contribution is -0.193. The van der Waals surface area contributed by atoms with Crippen molar-refractivity contribution < 1.29 is 69.2 Å². The molecular formula is C24H14ClF9N6O6. The average Bonchev–Trinajstić information content (AvgIpc) is 3.33. The number of pyridine rings is 3. The molecule has 0 fully saturated rings. The molecule has 5 heterocycles. The van der Waals surface area contributed by atoms with Crippen molar-refractivity contribution in [2.24, 2.45) is 0 Å². The zero-order valence-corrected chi connectivity index (χ0v) is 22.6. The number of H-pyrrole nitrogens is 1. The summed E-state index contributed by atoms with van der Waals surface area (Å²) < 4.78 is 95.2. The van der Waals surface area contributed by atoms with Gasteiger partial charge in [0.2, 0.25) is 0 Å². The molecule has 0 saturated carbocycles. The van der Waals surface area contributed by atoms with Crippen molar-refractivity contribution in [1.82, 2.24) is 24.9 Å². The molecule has 246 valence electrons. The predicted octanol–water partition coefficient (Wildman–Crippen LogP) is 6.21. The molecule has 0 unspecified atom stereocenters. The second kappa shape index (κ2) is 14.5. The number of rotatable bonds is 1. The van der Waals surface area contributed by atoms with Crippen LogP contribution in [-0.4, -0.2) is 76.7 Å². The first kappa shape index (κ1) is 36.7. The minimum absolute atomic E-state index is 0.428. The van der Waals surface area contributed by atoms with Crippen LogP contribution < -0.4 is 5.32 Å². The summed E-state index contributed by atoms with van der Waals surface area (Å²) in [5.74, 6) is -6.87. The molecule has 0 aromatic carbocycles. The van der Waals surface area contributed by atoms with Crippen molar-refractivity contribution in [3.05, 3.63) is 60.1 Å². The number of aromatic amines is 1. The number of alkyl halides is 9. The van der Waals surface area contributed by atoms with E-state index in [0.717, 1.165) is 34.0 Å². The molecule has 46 heavy (non-hydrogen) atoms. The molecule has 4 aromatic rings. The molecule has 0 bridgehead atoms. The van der Waals surface area contributed by atoms with Gasteiger partial charge in [-0.3, -0.25) is 4.98 Å². The zero-order chi connectivity index (χ0) is 35.0. The maximum atomic E-state index is 10.6. The van der Waals surface area contributed by atoms with E-state index in [4.69, 9.17) is 46.3 Å². The Morgan fingerprint density at radius 3 is 1.76 bits per heavy atom. The van der Waals surface area contributed by atoms with Crippen LogP contribution in [0.2, 0.25) is 5.15 Å². The van der Waals surface area contributed by atoms with Crippen molar-refractivity contribution in [2.45, 2.75) is 18.5 Å². The summed E-state index contributed by atoms with van der Waals surface area (Å²) in [5.41, 5.74) is 5.16. The van der Waals surface area contributed by atoms with Gasteiger partial charge in [0, 0.05) is 23.5 Å². The van der Waals surface area contributed by atoms with Crippen LogP contribution in [0, 0.1) is 0 Å². The minimum Gasteiger partial charge on any atom is -0.475 e. The number of imidazole rings is 1. The van der Waals surface area contributed by atoms with Crippen molar-refractivity contribution in [3.8, 4) is 34.0 Å². The van der Waals surface area contributed by atoms with E-state index in [1.54, 1.807) is 24.7 Å². The van der Waals surface area contributed by atoms with Gasteiger partial charge in [-0.1, -0.05) is 17.7 Å². The number of carboxylic acids is 3. The lowest BCUT2D eigenvalue weighted by atomic mass is 10.1. The number of carbonyl (C=O) groups is 3. The Kier molecular flexibility index (Phi) is 11.6. The minimum atomic E-state index is -5.08. The second-order valence-electron chi connectivity index (χ2n) is 8.01. The van der Waals surface area contributed by atoms with Crippen LogP contribution in [0.25, 0.3) is 34.0 Å². The highest BCUT2D eigenvalue weighted by molar-refractivity contribution is 6.29. The Bertz CT molecular complexity index is 1590. The van der Waals surface area contributed by atoms with Crippen LogP contribution in [0.4, 0.5) is 51.0 Å². The maximum Gasteiger partial charge on any atom is 0.490 e. The molecular weight excluding hydrogens is 675 g/mol. The van der Waals surface area contributed by atoms with Gasteiger partial charge >= 0.3 is 36.4 Å². The summed E-state index contributed by atoms with van der Waals surface area (Å²) >= 11 is 6.03. The van der Waals surface area contributed by atoms with Crippen LogP contribution in [0.1, 0.15) is 0 Å². The summed E-state index contributed by atoms with van der Waals surface area (Å²) in [6, 6.07) is 11.3. The summed E-state index contributed by atoms with van der Waals surface area (Å²) in [6.45, 7) is 0. The third-order valence-electron chi connectivity index (χ3n) is 4.80. The van der Waals surface area contributed by atoms with Gasteiger partial charge < -0.3 is 25.6 Å². The topological polar surface area (TPSA) is 191 Å². The Hall–Kier alpha value is -5.47. The lowest BCUT2D eigenvalue weighted by Gasteiger charge is -2.07. The smallest absolute Gasteiger partial charge is 0.475 e. The average molecular weight is 689 g/mol. The molecule has 12 nitrogen and oxygen atoms in total. The molecule has 1 aliphatic rings. The van der Waals surface area contributed by atoms with E-state index in [9.17, 15) is 39.5 Å². The van der Waals surface area contributed by atoms with E-state index in [1.165, 1.54) is 0 Å². The van der Waals surface area contributed by atoms with Gasteiger partial charge in [-0.25, -0.2) is 29.3 Å². The van der Waals surface area contributed by atoms with Gasteiger partial charge in [0.25, 0.3) is 0 Å². The third-order valence-corrected chi connectivity index (χ3v) is 5.01. The molecule has 0 amide bonds. The highest BCUT2D eigenvalue weighted by atomic mass is 35.5. The van der Waals surface area contributed by atoms with Crippen LogP contribution in [0.3, 0.4) is 0 Å². The number of aliphatic carboxylic acids is 3. The number of halogens is 10. The first-order chi connectivity index (χ1) is 21.1. The van der Waals surface area contributed by atoms with Crippen LogP contribution in [0.15, 0.2) is 55.0 Å². The predicted molar refractivity (Wildman–Crippen MR) is 138 cm³/mol. The number of nitrogens with zero attached hydrogens (tertiary/aromatic N) is 4. The molecule has 4 aromatic heterocycles. The van der Waals surface area contributed by atoms with Crippen molar-refractivity contribution >= 4 is 41.0 Å². The molecule has 0 radical (unpaired) electrons. The second-order valence-corrected chi connectivity index (χ2v) is 8.40. The van der Waals surface area contributed by atoms with Gasteiger partial charge in [-0.05, 0) is 30.3 Å². The van der Waals surface area contributed by atoms with Crippen LogP contribution >= 0.6 is 11.6 Å². The Labute approximate surface area is 253 Å². The first-order valence-electron chi connectivity index (χ1n) is 11.4. The zero-order valence-electron chi connectivity index (χ0n) is 21.8. The van der Waals surface area contributed by atoms with Gasteiger partial charge in [0.05, 0.1) is 17.6 Å². The van der Waals surface area contributed by atoms with Gasteiger partial charge in [-0.2, -0.15) is 39.5 Å². The quantitative estimate of drug-likeness (QED) is 0.0994. The normalized spacial score (nSPS) is 11.5. The largest absolute Gasteiger partial charge is 0.490 e. The van der Waals surface area contributed by atoms with Crippen LogP contribution in [0.5, 0.6) is 0 Å². The van der Waals surface area contributed by atoms with E-state index in [0.29, 0.717) is 16.7 Å². The summed E-state index contributed by atoms with van der Waals surface area (Å²) in [5, 5.41) is 25.1. The number of aromatic nitrogens is 5. The molecule has 0 aliphatic carbocycles. The molecule has 5 N–H and O–H groups in total. The number of anilines is 2. The van der Waals surface area contributed by atoms with Crippen molar-refractivity contribution in [2.75, 3.05) is 5.32 Å². The van der Waals surface area contributed by atoms with Crippen molar-refractivity contribution in [1.29, 1.82) is 0 Å². The Balaban J connectivity index is 0.000000289. The van der Waals surface area contributed by atoms with E-state index in [-0.39, 0.29) is 0 Å².